The van der Waals surface area contributed by atoms with Crippen molar-refractivity contribution in [3.63, 3.8) is 0 Å². The van der Waals surface area contributed by atoms with Crippen molar-refractivity contribution >= 4 is 22.3 Å². The first kappa shape index (κ1) is 14.4. The molecule has 120 valence electrons. The van der Waals surface area contributed by atoms with Crippen molar-refractivity contribution in [3.8, 4) is 0 Å². The molecule has 2 unspecified atom stereocenters. The minimum atomic E-state index is -0.359. The molecule has 1 saturated carbocycles. The maximum Gasteiger partial charge on any atom is 0.295 e. The van der Waals surface area contributed by atoms with Crippen LogP contribution in [0.1, 0.15) is 25.7 Å². The topological polar surface area (TPSA) is 68.5 Å². The number of nitro groups is 1. The summed E-state index contributed by atoms with van der Waals surface area (Å²) in [5, 5.41) is 12.1. The van der Waals surface area contributed by atoms with Gasteiger partial charge in [0, 0.05) is 29.9 Å². The SMILES string of the molecule is O=[N+]([O-])c1ccc(N2CCOC3CCCCC32)c2cccnc12. The largest absolute Gasteiger partial charge is 0.374 e. The van der Waals surface area contributed by atoms with Crippen LogP contribution < -0.4 is 4.90 Å². The number of pyridine rings is 1. The Morgan fingerprint density at radius 2 is 2.13 bits per heavy atom. The molecule has 1 saturated heterocycles. The van der Waals surface area contributed by atoms with Gasteiger partial charge in [0.1, 0.15) is 5.52 Å². The van der Waals surface area contributed by atoms with Crippen molar-refractivity contribution in [2.45, 2.75) is 37.8 Å². The Balaban J connectivity index is 1.82. The van der Waals surface area contributed by atoms with E-state index in [0.717, 1.165) is 30.5 Å². The zero-order valence-corrected chi connectivity index (χ0v) is 12.9. The maximum atomic E-state index is 11.3. The summed E-state index contributed by atoms with van der Waals surface area (Å²) >= 11 is 0. The number of benzene rings is 1. The number of fused-ring (bicyclic) bond motifs is 2. The number of hydrogen-bond donors (Lipinski definition) is 0. The van der Waals surface area contributed by atoms with Crippen molar-refractivity contribution in [2.75, 3.05) is 18.1 Å². The number of non-ortho nitro benzene ring substituents is 1. The molecule has 4 rings (SSSR count). The third-order valence-electron chi connectivity index (χ3n) is 4.96. The normalized spacial score (nSPS) is 24.4. The van der Waals surface area contributed by atoms with Gasteiger partial charge in [-0.05, 0) is 31.0 Å². The third-order valence-corrected chi connectivity index (χ3v) is 4.96. The third kappa shape index (κ3) is 2.43. The molecular weight excluding hydrogens is 294 g/mol. The Morgan fingerprint density at radius 1 is 1.26 bits per heavy atom. The summed E-state index contributed by atoms with van der Waals surface area (Å²) in [7, 11) is 0. The van der Waals surface area contributed by atoms with E-state index in [2.05, 4.69) is 9.88 Å². The number of hydrogen-bond acceptors (Lipinski definition) is 5. The van der Waals surface area contributed by atoms with Crippen LogP contribution in [0.4, 0.5) is 11.4 Å². The highest BCUT2D eigenvalue weighted by Crippen LogP contribution is 2.37. The molecule has 0 amide bonds. The Morgan fingerprint density at radius 3 is 3.00 bits per heavy atom. The quantitative estimate of drug-likeness (QED) is 0.628. The van der Waals surface area contributed by atoms with Gasteiger partial charge in [-0.3, -0.25) is 10.1 Å². The molecule has 0 bridgehead atoms. The smallest absolute Gasteiger partial charge is 0.295 e. The van der Waals surface area contributed by atoms with Crippen molar-refractivity contribution in [2.24, 2.45) is 0 Å². The van der Waals surface area contributed by atoms with Gasteiger partial charge in [0.25, 0.3) is 5.69 Å². The molecule has 23 heavy (non-hydrogen) atoms. The van der Waals surface area contributed by atoms with E-state index < -0.39 is 0 Å². The highest BCUT2D eigenvalue weighted by Gasteiger charge is 2.35. The second-order valence-corrected chi connectivity index (χ2v) is 6.21. The van der Waals surface area contributed by atoms with Crippen LogP contribution in [-0.2, 0) is 4.74 Å². The molecular formula is C17H19N3O3. The summed E-state index contributed by atoms with van der Waals surface area (Å²) in [5.41, 5.74) is 1.57. The molecule has 6 heteroatoms. The van der Waals surface area contributed by atoms with E-state index in [0.29, 0.717) is 18.2 Å². The summed E-state index contributed by atoms with van der Waals surface area (Å²) in [6.07, 6.45) is 6.54. The molecule has 6 nitrogen and oxygen atoms in total. The summed E-state index contributed by atoms with van der Waals surface area (Å²) in [6, 6.07) is 7.59. The molecule has 2 aromatic rings. The number of morpholine rings is 1. The zero-order chi connectivity index (χ0) is 15.8. The molecule has 0 spiro atoms. The van der Waals surface area contributed by atoms with Gasteiger partial charge < -0.3 is 9.64 Å². The van der Waals surface area contributed by atoms with Gasteiger partial charge in [-0.15, -0.1) is 0 Å². The van der Waals surface area contributed by atoms with E-state index in [1.165, 1.54) is 12.8 Å². The maximum absolute atomic E-state index is 11.3. The summed E-state index contributed by atoms with van der Waals surface area (Å²) in [4.78, 5) is 17.5. The highest BCUT2D eigenvalue weighted by molar-refractivity contribution is 5.97. The first-order chi connectivity index (χ1) is 11.3. The molecule has 1 aliphatic carbocycles. The van der Waals surface area contributed by atoms with E-state index in [4.69, 9.17) is 4.74 Å². The number of nitro benzene ring substituents is 1. The first-order valence-electron chi connectivity index (χ1n) is 8.16. The molecule has 2 atom stereocenters. The fourth-order valence-electron chi connectivity index (χ4n) is 3.94. The molecule has 1 aliphatic heterocycles. The average molecular weight is 313 g/mol. The monoisotopic (exact) mass is 313 g/mol. The fraction of sp³-hybridized carbons (Fsp3) is 0.471. The minimum Gasteiger partial charge on any atom is -0.374 e. The molecule has 0 radical (unpaired) electrons. The minimum absolute atomic E-state index is 0.0674. The second kappa shape index (κ2) is 5.77. The van der Waals surface area contributed by atoms with Crippen LogP contribution in [-0.4, -0.2) is 35.2 Å². The predicted molar refractivity (Wildman–Crippen MR) is 87.7 cm³/mol. The van der Waals surface area contributed by atoms with Gasteiger partial charge in [0.05, 0.1) is 23.7 Å². The lowest BCUT2D eigenvalue weighted by atomic mass is 9.89. The summed E-state index contributed by atoms with van der Waals surface area (Å²) in [6.45, 7) is 1.53. The van der Waals surface area contributed by atoms with Crippen LogP contribution in [0, 0.1) is 10.1 Å². The van der Waals surface area contributed by atoms with Crippen molar-refractivity contribution in [1.29, 1.82) is 0 Å². The van der Waals surface area contributed by atoms with Gasteiger partial charge in [-0.1, -0.05) is 12.8 Å². The lowest BCUT2D eigenvalue weighted by molar-refractivity contribution is -0.383. The number of aromatic nitrogens is 1. The molecule has 2 fully saturated rings. The van der Waals surface area contributed by atoms with E-state index in [9.17, 15) is 10.1 Å². The van der Waals surface area contributed by atoms with Gasteiger partial charge in [0.15, 0.2) is 0 Å². The van der Waals surface area contributed by atoms with Crippen molar-refractivity contribution in [3.05, 3.63) is 40.6 Å². The van der Waals surface area contributed by atoms with Crippen LogP contribution in [0.15, 0.2) is 30.5 Å². The van der Waals surface area contributed by atoms with Gasteiger partial charge in [-0.25, -0.2) is 4.98 Å². The van der Waals surface area contributed by atoms with E-state index >= 15 is 0 Å². The summed E-state index contributed by atoms with van der Waals surface area (Å²) in [5.74, 6) is 0. The molecule has 1 aromatic heterocycles. The van der Waals surface area contributed by atoms with Gasteiger partial charge in [0.2, 0.25) is 0 Å². The van der Waals surface area contributed by atoms with Gasteiger partial charge in [-0.2, -0.15) is 0 Å². The van der Waals surface area contributed by atoms with E-state index in [-0.39, 0.29) is 16.7 Å². The van der Waals surface area contributed by atoms with Crippen molar-refractivity contribution < 1.29 is 9.66 Å². The van der Waals surface area contributed by atoms with Crippen LogP contribution >= 0.6 is 0 Å². The Labute approximate surface area is 134 Å². The number of ether oxygens (including phenoxy) is 1. The number of rotatable bonds is 2. The summed E-state index contributed by atoms with van der Waals surface area (Å²) < 4.78 is 5.94. The van der Waals surface area contributed by atoms with Crippen LogP contribution in [0.3, 0.4) is 0 Å². The van der Waals surface area contributed by atoms with E-state index in [1.54, 1.807) is 12.3 Å². The Kier molecular flexibility index (Phi) is 3.61. The number of nitrogens with zero attached hydrogens (tertiary/aromatic N) is 3. The van der Waals surface area contributed by atoms with Crippen LogP contribution in [0.2, 0.25) is 0 Å². The molecule has 2 aliphatic rings. The fourth-order valence-corrected chi connectivity index (χ4v) is 3.94. The predicted octanol–water partition coefficient (Wildman–Crippen LogP) is 3.29. The Hall–Kier alpha value is -2.21. The average Bonchev–Trinajstić information content (AvgIpc) is 2.60. The highest BCUT2D eigenvalue weighted by atomic mass is 16.6. The lowest BCUT2D eigenvalue weighted by Gasteiger charge is -2.45. The van der Waals surface area contributed by atoms with E-state index in [1.807, 2.05) is 18.2 Å². The first-order valence-corrected chi connectivity index (χ1v) is 8.16. The standard InChI is InChI=1S/C17H19N3O3/c21-20(22)15-8-7-13(12-4-3-9-18-17(12)15)19-10-11-23-16-6-2-1-5-14(16)19/h3-4,7-9,14,16H,1-2,5-6,10-11H2. The Bertz CT molecular complexity index is 747. The molecule has 0 N–H and O–H groups in total. The number of anilines is 1. The van der Waals surface area contributed by atoms with Crippen molar-refractivity contribution in [1.82, 2.24) is 4.98 Å². The van der Waals surface area contributed by atoms with Gasteiger partial charge >= 0.3 is 0 Å². The zero-order valence-electron chi connectivity index (χ0n) is 12.9. The van der Waals surface area contributed by atoms with Crippen LogP contribution in [0.5, 0.6) is 0 Å². The van der Waals surface area contributed by atoms with Crippen LogP contribution in [0.25, 0.3) is 10.9 Å². The molecule has 2 heterocycles. The second-order valence-electron chi connectivity index (χ2n) is 6.21. The molecule has 1 aromatic carbocycles. The lowest BCUT2D eigenvalue weighted by Crippen LogP contribution is -2.52.